The van der Waals surface area contributed by atoms with E-state index in [-0.39, 0.29) is 24.8 Å². The second-order valence-electron chi connectivity index (χ2n) is 3.81. The fourth-order valence-electron chi connectivity index (χ4n) is 1.26. The van der Waals surface area contributed by atoms with E-state index in [1.807, 2.05) is 0 Å². The van der Waals surface area contributed by atoms with Crippen molar-refractivity contribution in [3.63, 3.8) is 0 Å². The van der Waals surface area contributed by atoms with E-state index in [9.17, 15) is 3.67 Å². The van der Waals surface area contributed by atoms with Gasteiger partial charge in [0.25, 0.3) is 0 Å². The first-order valence-corrected chi connectivity index (χ1v) is 8.56. The summed E-state index contributed by atoms with van der Waals surface area (Å²) in [5, 5.41) is 1.42. The second-order valence-corrected chi connectivity index (χ2v) is 9.97. The monoisotopic (exact) mass is 276 g/mol. The van der Waals surface area contributed by atoms with Gasteiger partial charge in [0, 0.05) is 0 Å². The molecule has 0 aromatic rings. The Balaban J connectivity index is 0. The third-order valence-electron chi connectivity index (χ3n) is 1.82. The zero-order valence-electron chi connectivity index (χ0n) is 8.03. The van der Waals surface area contributed by atoms with Crippen molar-refractivity contribution in [3.8, 4) is 0 Å². The summed E-state index contributed by atoms with van der Waals surface area (Å²) >= 11 is -0.768. The quantitative estimate of drug-likeness (QED) is 0.707. The van der Waals surface area contributed by atoms with Crippen LogP contribution < -0.4 is 0 Å². The van der Waals surface area contributed by atoms with Gasteiger partial charge in [-0.05, 0) is 0 Å². The molecule has 76 valence electrons. The van der Waals surface area contributed by atoms with Gasteiger partial charge in [0.05, 0.1) is 0 Å². The summed E-state index contributed by atoms with van der Waals surface area (Å²) in [5.74, 6) is 0. The van der Waals surface area contributed by atoms with Crippen molar-refractivity contribution >= 4 is 32.9 Å². The molecule has 0 fully saturated rings. The first-order chi connectivity index (χ1) is 5.05. The van der Waals surface area contributed by atoms with Crippen LogP contribution in [-0.2, 0) is 19.9 Å². The zero-order valence-corrected chi connectivity index (χ0v) is 12.1. The molecule has 0 atom stereocenters. The van der Waals surface area contributed by atoms with Gasteiger partial charge >= 0.3 is 75.7 Å². The number of hydrogen-bond acceptors (Lipinski definition) is 1. The molecule has 0 radical (unpaired) electrons. The van der Waals surface area contributed by atoms with Gasteiger partial charge in [-0.2, -0.15) is 0 Å². The van der Waals surface area contributed by atoms with E-state index in [1.165, 1.54) is 9.48 Å². The molecule has 5 heteroatoms. The van der Waals surface area contributed by atoms with Gasteiger partial charge in [-0.1, -0.05) is 0 Å². The molecule has 1 nitrogen and oxygen atoms in total. The summed E-state index contributed by atoms with van der Waals surface area (Å²) in [4.78, 5) is 0. The van der Waals surface area contributed by atoms with Gasteiger partial charge in [0.1, 0.15) is 0 Å². The topological polar surface area (TPSA) is 17.1 Å². The fourth-order valence-corrected chi connectivity index (χ4v) is 5.16. The summed E-state index contributed by atoms with van der Waals surface area (Å²) in [6, 6.07) is 0. The molecule has 0 saturated carbocycles. The van der Waals surface area contributed by atoms with Crippen molar-refractivity contribution in [2.24, 2.45) is 0 Å². The predicted molar refractivity (Wildman–Crippen MR) is 59.3 cm³/mol. The van der Waals surface area contributed by atoms with E-state index < -0.39 is 24.3 Å². The van der Waals surface area contributed by atoms with E-state index in [0.29, 0.717) is 0 Å². The minimum absolute atomic E-state index is 0. The molecule has 0 unspecified atom stereocenters. The van der Waals surface area contributed by atoms with Crippen LogP contribution in [0.2, 0.25) is 19.6 Å². The molecule has 1 aliphatic carbocycles. The second kappa shape index (κ2) is 6.20. The SMILES string of the molecule is C[Si](C)(C)C1=[C]([V]=[O])CC=C1.Cl.Cl. The van der Waals surface area contributed by atoms with Crippen LogP contribution in [0.15, 0.2) is 21.6 Å². The van der Waals surface area contributed by atoms with E-state index in [4.69, 9.17) is 0 Å². The van der Waals surface area contributed by atoms with Crippen molar-refractivity contribution < 1.29 is 19.9 Å². The smallest absolute Gasteiger partial charge is 0.147 e. The number of hydrogen-bond donors (Lipinski definition) is 0. The van der Waals surface area contributed by atoms with Crippen LogP contribution in [0.1, 0.15) is 6.42 Å². The summed E-state index contributed by atoms with van der Waals surface area (Å²) in [5.41, 5.74) is 0. The first kappa shape index (κ1) is 16.1. The molecule has 1 aliphatic rings. The Kier molecular flexibility index (Phi) is 7.68. The predicted octanol–water partition coefficient (Wildman–Crippen LogP) is 3.35. The van der Waals surface area contributed by atoms with E-state index >= 15 is 0 Å². The minimum atomic E-state index is -1.19. The molecule has 0 amide bonds. The van der Waals surface area contributed by atoms with E-state index in [0.717, 1.165) is 6.42 Å². The summed E-state index contributed by atoms with van der Waals surface area (Å²) < 4.78 is 12.0. The molecule has 0 heterocycles. The third kappa shape index (κ3) is 4.13. The van der Waals surface area contributed by atoms with Crippen molar-refractivity contribution in [2.75, 3.05) is 0 Å². The summed E-state index contributed by atoms with van der Waals surface area (Å²) in [6.07, 6.45) is 5.26. The van der Waals surface area contributed by atoms with E-state index in [1.54, 1.807) is 0 Å². The Morgan fingerprint density at radius 3 is 2.15 bits per heavy atom. The minimum Gasteiger partial charge on any atom is -0.147 e. The molecule has 0 bridgehead atoms. The van der Waals surface area contributed by atoms with E-state index in [2.05, 4.69) is 31.8 Å². The van der Waals surface area contributed by atoms with Crippen LogP contribution in [-0.4, -0.2) is 8.07 Å². The van der Waals surface area contributed by atoms with Gasteiger partial charge in [-0.25, -0.2) is 0 Å². The van der Waals surface area contributed by atoms with Crippen LogP contribution in [0.5, 0.6) is 0 Å². The normalized spacial score (nSPS) is 15.0. The summed E-state index contributed by atoms with van der Waals surface area (Å²) in [6.45, 7) is 6.90. The Morgan fingerprint density at radius 1 is 1.31 bits per heavy atom. The van der Waals surface area contributed by atoms with Gasteiger partial charge in [0.2, 0.25) is 0 Å². The molecule has 0 aromatic carbocycles. The maximum absolute atomic E-state index is 10.8. The number of halogens is 2. The Morgan fingerprint density at radius 2 is 1.85 bits per heavy atom. The molecule has 0 aromatic heterocycles. The molecule has 1 rings (SSSR count). The van der Waals surface area contributed by atoms with Gasteiger partial charge in [-0.15, -0.1) is 24.8 Å². The molecule has 0 spiro atoms. The van der Waals surface area contributed by atoms with Crippen LogP contribution in [0.25, 0.3) is 0 Å². The molecule has 0 aliphatic heterocycles. The molecule has 13 heavy (non-hydrogen) atoms. The van der Waals surface area contributed by atoms with Crippen LogP contribution >= 0.6 is 24.8 Å². The Hall–Kier alpha value is 0.661. The summed E-state index contributed by atoms with van der Waals surface area (Å²) in [7, 11) is -1.19. The molecule has 0 saturated heterocycles. The van der Waals surface area contributed by atoms with Crippen LogP contribution in [0.3, 0.4) is 0 Å². The maximum Gasteiger partial charge on any atom is -0.147 e. The van der Waals surface area contributed by atoms with Gasteiger partial charge < -0.3 is 0 Å². The average molecular weight is 277 g/mol. The maximum atomic E-state index is 10.8. The third-order valence-corrected chi connectivity index (χ3v) is 5.25. The first-order valence-electron chi connectivity index (χ1n) is 3.79. The van der Waals surface area contributed by atoms with Crippen molar-refractivity contribution in [2.45, 2.75) is 26.1 Å². The zero-order chi connectivity index (χ0) is 8.48. The molecule has 0 N–H and O–H groups in total. The average Bonchev–Trinajstić information content (AvgIpc) is 2.31. The molecular formula is C8H15Cl2OSiV. The largest absolute Gasteiger partial charge is 0.147 e. The fraction of sp³-hybridized carbons (Fsp3) is 0.500. The van der Waals surface area contributed by atoms with Gasteiger partial charge in [-0.3, -0.25) is 0 Å². The standard InChI is InChI=1S/C8H13Si.2ClH.O.V/c1-9(2,3)8-6-4-5-7-8;;;;/h4,6H,5H2,1-3H3;2*1H;;. The number of allylic oxidation sites excluding steroid dienone is 4. The molecular weight excluding hydrogens is 262 g/mol. The van der Waals surface area contributed by atoms with Crippen molar-refractivity contribution in [1.29, 1.82) is 0 Å². The van der Waals surface area contributed by atoms with Gasteiger partial charge in [0.15, 0.2) is 0 Å². The number of rotatable bonds is 2. The van der Waals surface area contributed by atoms with Crippen LogP contribution in [0, 0.1) is 0 Å². The Labute approximate surface area is 100 Å². The van der Waals surface area contributed by atoms with Crippen molar-refractivity contribution in [1.82, 2.24) is 0 Å². The Bertz CT molecular complexity index is 243. The van der Waals surface area contributed by atoms with Crippen LogP contribution in [0.4, 0.5) is 0 Å². The van der Waals surface area contributed by atoms with Crippen molar-refractivity contribution in [3.05, 3.63) is 21.6 Å².